The smallest absolute Gasteiger partial charge is 0.340 e. The van der Waals surface area contributed by atoms with Crippen LogP contribution in [0.5, 0.6) is 0 Å². The topological polar surface area (TPSA) is 102 Å². The molecule has 1 amide bonds. The first kappa shape index (κ1) is 23.0. The Morgan fingerprint density at radius 2 is 1.82 bits per heavy atom. The summed E-state index contributed by atoms with van der Waals surface area (Å²) >= 11 is 0. The van der Waals surface area contributed by atoms with E-state index in [9.17, 15) is 31.9 Å². The molecular weight excluding hydrogens is 460 g/mol. The van der Waals surface area contributed by atoms with Crippen LogP contribution in [-0.4, -0.2) is 21.4 Å². The molecule has 12 heteroatoms. The summed E-state index contributed by atoms with van der Waals surface area (Å²) in [4.78, 5) is 44.2. The number of amides is 1. The molecule has 1 aliphatic rings. The van der Waals surface area contributed by atoms with Crippen molar-refractivity contribution in [2.24, 2.45) is 5.92 Å². The summed E-state index contributed by atoms with van der Waals surface area (Å²) in [5.74, 6) is -3.46. The van der Waals surface area contributed by atoms with E-state index < -0.39 is 40.9 Å². The zero-order valence-corrected chi connectivity index (χ0v) is 17.2. The van der Waals surface area contributed by atoms with Gasteiger partial charge in [0.05, 0.1) is 11.3 Å². The molecule has 0 spiro atoms. The first-order valence-electron chi connectivity index (χ1n) is 9.95. The maximum Gasteiger partial charge on any atom is 0.416 e. The summed E-state index contributed by atoms with van der Waals surface area (Å²) in [6.07, 6.45) is -1.37. The Labute approximate surface area is 189 Å². The van der Waals surface area contributed by atoms with Crippen molar-refractivity contribution >= 4 is 23.4 Å². The van der Waals surface area contributed by atoms with Crippen LogP contribution in [0, 0.1) is 11.7 Å². The molecule has 1 unspecified atom stereocenters. The minimum absolute atomic E-state index is 0.256. The van der Waals surface area contributed by atoms with Gasteiger partial charge >= 0.3 is 12.1 Å². The SMILES string of the molecule is O=C1NOC(=O)C1CCc1ccc(-n2ccnc(Nc3ccc(C(F)(F)F)cc3F)c2=O)cc1. The highest BCUT2D eigenvalue weighted by Crippen LogP contribution is 2.31. The standard InChI is InChI=1S/C22H16F4N4O4/c23-16-11-13(22(24,25)26)4-8-17(16)28-18-20(32)30(10-9-27-18)14-5-1-12(2-6-14)3-7-15-19(31)29-34-21(15)33/h1-2,4-6,8-11,15H,3,7H2,(H,27,28)(H,29,31). The number of benzene rings is 2. The molecule has 1 fully saturated rings. The van der Waals surface area contributed by atoms with Gasteiger partial charge in [-0.15, -0.1) is 0 Å². The van der Waals surface area contributed by atoms with Crippen LogP contribution in [0.4, 0.5) is 29.1 Å². The van der Waals surface area contributed by atoms with Gasteiger partial charge in [-0.3, -0.25) is 14.2 Å². The third-order valence-corrected chi connectivity index (χ3v) is 5.18. The number of nitrogens with one attached hydrogen (secondary N) is 2. The van der Waals surface area contributed by atoms with E-state index in [0.29, 0.717) is 24.2 Å². The van der Waals surface area contributed by atoms with Crippen molar-refractivity contribution in [1.29, 1.82) is 0 Å². The van der Waals surface area contributed by atoms with Crippen LogP contribution >= 0.6 is 0 Å². The molecule has 34 heavy (non-hydrogen) atoms. The van der Waals surface area contributed by atoms with Crippen molar-refractivity contribution in [3.8, 4) is 5.69 Å². The lowest BCUT2D eigenvalue weighted by molar-refractivity contribution is -0.146. The highest BCUT2D eigenvalue weighted by Gasteiger charge is 2.35. The molecule has 0 aliphatic carbocycles. The summed E-state index contributed by atoms with van der Waals surface area (Å²) in [7, 11) is 0. The highest BCUT2D eigenvalue weighted by molar-refractivity contribution is 6.01. The molecule has 2 aromatic carbocycles. The average molecular weight is 476 g/mol. The van der Waals surface area contributed by atoms with E-state index in [1.165, 1.54) is 17.0 Å². The number of aromatic nitrogens is 2. The van der Waals surface area contributed by atoms with E-state index in [1.807, 2.05) is 5.48 Å². The number of halogens is 4. The maximum atomic E-state index is 14.1. The minimum atomic E-state index is -4.70. The van der Waals surface area contributed by atoms with Crippen molar-refractivity contribution in [2.45, 2.75) is 19.0 Å². The van der Waals surface area contributed by atoms with Crippen LogP contribution in [0.15, 0.2) is 59.7 Å². The third-order valence-electron chi connectivity index (χ3n) is 5.18. The number of alkyl halides is 3. The zero-order valence-electron chi connectivity index (χ0n) is 17.2. The second kappa shape index (κ2) is 8.96. The Morgan fingerprint density at radius 1 is 1.09 bits per heavy atom. The highest BCUT2D eigenvalue weighted by atomic mass is 19.4. The molecular formula is C22H16F4N4O4. The minimum Gasteiger partial charge on any atom is -0.340 e. The van der Waals surface area contributed by atoms with Crippen LogP contribution < -0.4 is 16.4 Å². The Bertz CT molecular complexity index is 1290. The number of hydrogen-bond donors (Lipinski definition) is 2. The molecule has 8 nitrogen and oxygen atoms in total. The molecule has 3 aromatic rings. The van der Waals surface area contributed by atoms with Gasteiger partial charge in [-0.2, -0.15) is 18.7 Å². The number of hydrogen-bond acceptors (Lipinski definition) is 6. The van der Waals surface area contributed by atoms with Gasteiger partial charge in [-0.05, 0) is 48.7 Å². The zero-order chi connectivity index (χ0) is 24.5. The van der Waals surface area contributed by atoms with Crippen molar-refractivity contribution in [3.63, 3.8) is 0 Å². The van der Waals surface area contributed by atoms with Gasteiger partial charge < -0.3 is 10.2 Å². The first-order valence-corrected chi connectivity index (χ1v) is 9.95. The molecule has 1 atom stereocenters. The van der Waals surface area contributed by atoms with Crippen LogP contribution in [0.2, 0.25) is 0 Å². The molecule has 176 valence electrons. The normalized spacial score (nSPS) is 15.7. The summed E-state index contributed by atoms with van der Waals surface area (Å²) in [6.45, 7) is 0. The third kappa shape index (κ3) is 4.75. The number of carbonyl (C=O) groups excluding carboxylic acids is 2. The van der Waals surface area contributed by atoms with E-state index in [0.717, 1.165) is 11.6 Å². The fraction of sp³-hybridized carbons (Fsp3) is 0.182. The molecule has 2 N–H and O–H groups in total. The van der Waals surface area contributed by atoms with Gasteiger partial charge in [0, 0.05) is 18.1 Å². The predicted molar refractivity (Wildman–Crippen MR) is 111 cm³/mol. The van der Waals surface area contributed by atoms with E-state index in [2.05, 4.69) is 15.1 Å². The summed E-state index contributed by atoms with van der Waals surface area (Å²) < 4.78 is 53.6. The Hall–Kier alpha value is -4.22. The molecule has 1 aliphatic heterocycles. The number of aryl methyl sites for hydroxylation is 1. The summed E-state index contributed by atoms with van der Waals surface area (Å²) in [5.41, 5.74) is 1.13. The largest absolute Gasteiger partial charge is 0.416 e. The second-order valence-corrected chi connectivity index (χ2v) is 7.41. The van der Waals surface area contributed by atoms with Gasteiger partial charge in [-0.1, -0.05) is 12.1 Å². The molecule has 1 aromatic heterocycles. The number of anilines is 2. The molecule has 0 saturated carbocycles. The summed E-state index contributed by atoms with van der Waals surface area (Å²) in [6, 6.07) is 8.59. The molecule has 0 bridgehead atoms. The van der Waals surface area contributed by atoms with E-state index in [-0.39, 0.29) is 17.9 Å². The number of hydroxylamine groups is 1. The molecule has 2 heterocycles. The fourth-order valence-corrected chi connectivity index (χ4v) is 3.35. The van der Waals surface area contributed by atoms with Gasteiger partial charge in [0.1, 0.15) is 11.7 Å². The van der Waals surface area contributed by atoms with Crippen LogP contribution in [0.3, 0.4) is 0 Å². The van der Waals surface area contributed by atoms with E-state index >= 15 is 0 Å². The molecule has 1 saturated heterocycles. The van der Waals surface area contributed by atoms with Gasteiger partial charge in [0.2, 0.25) is 0 Å². The molecule has 4 rings (SSSR count). The van der Waals surface area contributed by atoms with Gasteiger partial charge in [-0.25, -0.2) is 14.2 Å². The lowest BCUT2D eigenvalue weighted by Gasteiger charge is -2.12. The Morgan fingerprint density at radius 3 is 2.44 bits per heavy atom. The van der Waals surface area contributed by atoms with Crippen molar-refractivity contribution in [2.75, 3.05) is 5.32 Å². The van der Waals surface area contributed by atoms with Crippen molar-refractivity contribution in [1.82, 2.24) is 15.0 Å². The van der Waals surface area contributed by atoms with Crippen LogP contribution in [0.25, 0.3) is 5.69 Å². The maximum absolute atomic E-state index is 14.1. The number of nitrogens with zero attached hydrogens (tertiary/aromatic N) is 2. The Kier molecular flexibility index (Phi) is 6.05. The fourth-order valence-electron chi connectivity index (χ4n) is 3.35. The van der Waals surface area contributed by atoms with Crippen LogP contribution in [-0.2, 0) is 27.0 Å². The lowest BCUT2D eigenvalue weighted by Crippen LogP contribution is -2.22. The number of carbonyl (C=O) groups is 2. The van der Waals surface area contributed by atoms with Gasteiger partial charge in [0.15, 0.2) is 5.82 Å². The quantitative estimate of drug-likeness (QED) is 0.418. The monoisotopic (exact) mass is 476 g/mol. The van der Waals surface area contributed by atoms with Gasteiger partial charge in [0.25, 0.3) is 11.5 Å². The second-order valence-electron chi connectivity index (χ2n) is 7.41. The Balaban J connectivity index is 1.50. The summed E-state index contributed by atoms with van der Waals surface area (Å²) in [5, 5.41) is 2.43. The number of rotatable bonds is 6. The van der Waals surface area contributed by atoms with E-state index in [1.54, 1.807) is 24.3 Å². The average Bonchev–Trinajstić information content (AvgIpc) is 3.12. The predicted octanol–water partition coefficient (Wildman–Crippen LogP) is 3.27. The van der Waals surface area contributed by atoms with Crippen molar-refractivity contribution in [3.05, 3.63) is 82.2 Å². The molecule has 0 radical (unpaired) electrons. The first-order chi connectivity index (χ1) is 16.1. The lowest BCUT2D eigenvalue weighted by atomic mass is 9.99. The van der Waals surface area contributed by atoms with E-state index in [4.69, 9.17) is 0 Å². The van der Waals surface area contributed by atoms with Crippen LogP contribution in [0.1, 0.15) is 17.5 Å². The van der Waals surface area contributed by atoms with Crippen molar-refractivity contribution < 1.29 is 32.0 Å².